The summed E-state index contributed by atoms with van der Waals surface area (Å²) in [7, 11) is 0. The smallest absolute Gasteiger partial charge is 0.252 e. The van der Waals surface area contributed by atoms with E-state index in [-0.39, 0.29) is 11.6 Å². The third kappa shape index (κ3) is 5.26. The first-order valence-corrected chi connectivity index (χ1v) is 12.1. The molecule has 0 spiro atoms. The van der Waals surface area contributed by atoms with Gasteiger partial charge in [0.25, 0.3) is 5.56 Å². The number of aromatic nitrogens is 6. The zero-order valence-electron chi connectivity index (χ0n) is 20.5. The zero-order chi connectivity index (χ0) is 24.9. The first kappa shape index (κ1) is 23.6. The molecule has 0 aliphatic heterocycles. The van der Waals surface area contributed by atoms with E-state index in [9.17, 15) is 4.79 Å². The molecule has 184 valence electrons. The molecule has 0 saturated heterocycles. The Labute approximate surface area is 208 Å². The van der Waals surface area contributed by atoms with E-state index in [4.69, 9.17) is 4.42 Å². The Morgan fingerprint density at radius 2 is 2.06 bits per heavy atom. The van der Waals surface area contributed by atoms with Gasteiger partial charge in [0.2, 0.25) is 0 Å². The topological polar surface area (TPSA) is 106 Å². The second kappa shape index (κ2) is 10.7. The van der Waals surface area contributed by atoms with E-state index in [0.717, 1.165) is 46.5 Å². The molecule has 0 bridgehead atoms. The molecule has 1 atom stereocenters. The van der Waals surface area contributed by atoms with Gasteiger partial charge in [-0.05, 0) is 71.1 Å². The number of nitrogens with one attached hydrogen (secondary N) is 1. The Morgan fingerprint density at radius 3 is 2.83 bits per heavy atom. The fourth-order valence-corrected chi connectivity index (χ4v) is 4.57. The summed E-state index contributed by atoms with van der Waals surface area (Å²) in [5.74, 6) is 1.52. The Bertz CT molecular complexity index is 1480. The van der Waals surface area contributed by atoms with Crippen molar-refractivity contribution >= 4 is 10.9 Å². The van der Waals surface area contributed by atoms with E-state index in [2.05, 4.69) is 50.3 Å². The van der Waals surface area contributed by atoms with Crippen LogP contribution in [-0.2, 0) is 19.6 Å². The number of furan rings is 1. The summed E-state index contributed by atoms with van der Waals surface area (Å²) in [5.41, 5.74) is 3.64. The first-order chi connectivity index (χ1) is 17.6. The number of pyridine rings is 2. The second-order valence-corrected chi connectivity index (χ2v) is 9.06. The fraction of sp³-hybridized carbons (Fsp3) is 0.296. The van der Waals surface area contributed by atoms with Crippen molar-refractivity contribution in [2.75, 3.05) is 0 Å². The molecule has 0 aliphatic carbocycles. The monoisotopic (exact) mass is 483 g/mol. The van der Waals surface area contributed by atoms with Gasteiger partial charge in [-0.1, -0.05) is 31.0 Å². The van der Waals surface area contributed by atoms with Gasteiger partial charge in [0.1, 0.15) is 12.3 Å². The molecule has 1 N–H and O–H groups in total. The van der Waals surface area contributed by atoms with Gasteiger partial charge in [0.15, 0.2) is 5.82 Å². The van der Waals surface area contributed by atoms with Crippen molar-refractivity contribution in [1.82, 2.24) is 35.1 Å². The van der Waals surface area contributed by atoms with Gasteiger partial charge in [-0.2, -0.15) is 0 Å². The average Bonchev–Trinajstić information content (AvgIpc) is 3.56. The van der Waals surface area contributed by atoms with Crippen LogP contribution in [0.2, 0.25) is 0 Å². The van der Waals surface area contributed by atoms with E-state index >= 15 is 0 Å². The van der Waals surface area contributed by atoms with Crippen LogP contribution in [0.1, 0.15) is 54.1 Å². The lowest BCUT2D eigenvalue weighted by molar-refractivity contribution is 0.155. The summed E-state index contributed by atoms with van der Waals surface area (Å²) in [4.78, 5) is 22.7. The minimum Gasteiger partial charge on any atom is -0.467 e. The van der Waals surface area contributed by atoms with Crippen LogP contribution in [0.4, 0.5) is 0 Å². The number of tetrazole rings is 1. The number of aryl methyl sites for hydroxylation is 1. The quantitative estimate of drug-likeness (QED) is 0.314. The Balaban J connectivity index is 1.54. The van der Waals surface area contributed by atoms with Crippen LogP contribution >= 0.6 is 0 Å². The van der Waals surface area contributed by atoms with Crippen LogP contribution < -0.4 is 5.56 Å². The maximum Gasteiger partial charge on any atom is 0.252 e. The molecule has 1 aromatic carbocycles. The van der Waals surface area contributed by atoms with Gasteiger partial charge >= 0.3 is 0 Å². The van der Waals surface area contributed by atoms with Gasteiger partial charge in [-0.15, -0.1) is 5.10 Å². The molecule has 0 unspecified atom stereocenters. The molecule has 4 aromatic heterocycles. The average molecular weight is 484 g/mol. The number of rotatable bonds is 10. The molecule has 0 aliphatic rings. The number of hydrogen-bond donors (Lipinski definition) is 1. The van der Waals surface area contributed by atoms with E-state index < -0.39 is 0 Å². The standard InChI is InChI=1S/C27H29N7O2/c1-3-6-25(26-30-31-32-34(26)18-23-8-5-12-36-23)33(16-20-7-4-11-28-15-20)17-22-14-21-13-19(2)9-10-24(21)29-27(22)35/h4-5,7-15,25H,3,6,16-18H2,1-2H3,(H,29,35)/t25-/m0/s1. The van der Waals surface area contributed by atoms with Crippen molar-refractivity contribution in [3.05, 3.63) is 106 Å². The van der Waals surface area contributed by atoms with Gasteiger partial charge in [0, 0.05) is 36.6 Å². The number of fused-ring (bicyclic) bond motifs is 1. The molecule has 0 amide bonds. The lowest BCUT2D eigenvalue weighted by Gasteiger charge is -2.30. The van der Waals surface area contributed by atoms with Crippen molar-refractivity contribution < 1.29 is 4.42 Å². The summed E-state index contributed by atoms with van der Waals surface area (Å²) in [6, 6.07) is 15.6. The zero-order valence-corrected chi connectivity index (χ0v) is 20.5. The summed E-state index contributed by atoms with van der Waals surface area (Å²) < 4.78 is 7.32. The van der Waals surface area contributed by atoms with Crippen molar-refractivity contribution in [2.45, 2.75) is 52.4 Å². The number of H-pyrrole nitrogens is 1. The molecular formula is C27H29N7O2. The summed E-state index contributed by atoms with van der Waals surface area (Å²) in [6.07, 6.45) is 7.01. The van der Waals surface area contributed by atoms with Gasteiger partial charge in [-0.3, -0.25) is 14.7 Å². The molecular weight excluding hydrogens is 454 g/mol. The third-order valence-corrected chi connectivity index (χ3v) is 6.30. The molecule has 0 fully saturated rings. The minimum atomic E-state index is -0.118. The number of nitrogens with zero attached hydrogens (tertiary/aromatic N) is 6. The predicted molar refractivity (Wildman–Crippen MR) is 136 cm³/mol. The largest absolute Gasteiger partial charge is 0.467 e. The van der Waals surface area contributed by atoms with E-state index in [1.807, 2.05) is 48.7 Å². The van der Waals surface area contributed by atoms with Crippen molar-refractivity contribution in [3.8, 4) is 0 Å². The maximum absolute atomic E-state index is 13.1. The third-order valence-electron chi connectivity index (χ3n) is 6.30. The molecule has 4 heterocycles. The number of aromatic amines is 1. The molecule has 5 aromatic rings. The summed E-state index contributed by atoms with van der Waals surface area (Å²) in [5, 5.41) is 13.7. The molecule has 9 nitrogen and oxygen atoms in total. The maximum atomic E-state index is 13.1. The highest BCUT2D eigenvalue weighted by Gasteiger charge is 2.27. The van der Waals surface area contributed by atoms with Gasteiger partial charge in [-0.25, -0.2) is 4.68 Å². The molecule has 0 saturated carbocycles. The molecule has 36 heavy (non-hydrogen) atoms. The van der Waals surface area contributed by atoms with Crippen LogP contribution in [0.3, 0.4) is 0 Å². The predicted octanol–water partition coefficient (Wildman–Crippen LogP) is 4.40. The van der Waals surface area contributed by atoms with Crippen LogP contribution in [0, 0.1) is 6.92 Å². The molecule has 0 radical (unpaired) electrons. The SMILES string of the molecule is CCC[C@@H](c1nnnn1Cc1ccco1)N(Cc1cccnc1)Cc1cc2cc(C)ccc2[nH]c1=O. The highest BCUT2D eigenvalue weighted by atomic mass is 16.3. The number of benzene rings is 1. The van der Waals surface area contributed by atoms with Crippen LogP contribution in [0.5, 0.6) is 0 Å². The van der Waals surface area contributed by atoms with E-state index in [0.29, 0.717) is 25.2 Å². The first-order valence-electron chi connectivity index (χ1n) is 12.1. The minimum absolute atomic E-state index is 0.0898. The number of hydrogen-bond acceptors (Lipinski definition) is 7. The van der Waals surface area contributed by atoms with E-state index in [1.54, 1.807) is 17.1 Å². The summed E-state index contributed by atoms with van der Waals surface area (Å²) >= 11 is 0. The van der Waals surface area contributed by atoms with Crippen LogP contribution in [0.15, 0.2) is 76.4 Å². The van der Waals surface area contributed by atoms with Gasteiger partial charge < -0.3 is 9.40 Å². The molecule has 5 rings (SSSR count). The van der Waals surface area contributed by atoms with Crippen LogP contribution in [-0.4, -0.2) is 35.1 Å². The molecule has 9 heteroatoms. The van der Waals surface area contributed by atoms with Crippen molar-refractivity contribution in [2.24, 2.45) is 0 Å². The lowest BCUT2D eigenvalue weighted by atomic mass is 10.1. The fourth-order valence-electron chi connectivity index (χ4n) is 4.57. The summed E-state index contributed by atoms with van der Waals surface area (Å²) in [6.45, 7) is 5.66. The Hall–Kier alpha value is -4.11. The Morgan fingerprint density at radius 1 is 1.14 bits per heavy atom. The van der Waals surface area contributed by atoms with Crippen molar-refractivity contribution in [1.29, 1.82) is 0 Å². The lowest BCUT2D eigenvalue weighted by Crippen LogP contribution is -2.32. The second-order valence-electron chi connectivity index (χ2n) is 9.06. The highest BCUT2D eigenvalue weighted by molar-refractivity contribution is 5.79. The van der Waals surface area contributed by atoms with Crippen LogP contribution in [0.25, 0.3) is 10.9 Å². The van der Waals surface area contributed by atoms with Crippen molar-refractivity contribution in [3.63, 3.8) is 0 Å². The van der Waals surface area contributed by atoms with Gasteiger partial charge in [0.05, 0.1) is 12.3 Å². The highest BCUT2D eigenvalue weighted by Crippen LogP contribution is 2.28. The normalized spacial score (nSPS) is 12.4. The van der Waals surface area contributed by atoms with E-state index in [1.165, 1.54) is 0 Å². The Kier molecular flexibility index (Phi) is 6.99.